The molecule has 6 nitrogen and oxygen atoms in total. The predicted octanol–water partition coefficient (Wildman–Crippen LogP) is 5.07. The van der Waals surface area contributed by atoms with Crippen LogP contribution in [0.25, 0.3) is 6.08 Å². The van der Waals surface area contributed by atoms with Crippen molar-refractivity contribution in [1.29, 1.82) is 5.26 Å². The number of amides is 1. The van der Waals surface area contributed by atoms with Gasteiger partial charge in [0.1, 0.15) is 21.8 Å². The lowest BCUT2D eigenvalue weighted by molar-refractivity contribution is -0.122. The average molecular weight is 487 g/mol. The van der Waals surface area contributed by atoms with E-state index in [0.29, 0.717) is 33.8 Å². The summed E-state index contributed by atoms with van der Waals surface area (Å²) in [6.07, 6.45) is 8.39. The summed E-state index contributed by atoms with van der Waals surface area (Å²) in [7, 11) is 0. The van der Waals surface area contributed by atoms with E-state index in [1.54, 1.807) is 9.47 Å². The number of thiocarbonyl (C=S) groups is 1. The van der Waals surface area contributed by atoms with Crippen molar-refractivity contribution in [3.8, 4) is 6.07 Å². The van der Waals surface area contributed by atoms with Crippen LogP contribution in [-0.2, 0) is 11.3 Å². The third-order valence-electron chi connectivity index (χ3n) is 6.70. The van der Waals surface area contributed by atoms with Gasteiger partial charge in [0.15, 0.2) is 0 Å². The van der Waals surface area contributed by atoms with Gasteiger partial charge in [0.2, 0.25) is 0 Å². The molecule has 0 N–H and O–H groups in total. The third-order valence-corrected chi connectivity index (χ3v) is 8.08. The second-order valence-electron chi connectivity index (χ2n) is 8.80. The molecular formula is C25H34N4O2S2. The first kappa shape index (κ1) is 25.5. The Morgan fingerprint density at radius 3 is 2.48 bits per heavy atom. The summed E-state index contributed by atoms with van der Waals surface area (Å²) in [6.45, 7) is 10.9. The van der Waals surface area contributed by atoms with Gasteiger partial charge in [-0.05, 0) is 50.7 Å². The van der Waals surface area contributed by atoms with Gasteiger partial charge in [-0.3, -0.25) is 19.1 Å². The van der Waals surface area contributed by atoms with Crippen LogP contribution in [0.5, 0.6) is 0 Å². The van der Waals surface area contributed by atoms with E-state index in [1.807, 2.05) is 19.9 Å². The molecule has 33 heavy (non-hydrogen) atoms. The number of pyridine rings is 1. The first-order valence-electron chi connectivity index (χ1n) is 12.1. The lowest BCUT2D eigenvalue weighted by Gasteiger charge is -2.26. The molecule has 2 fully saturated rings. The molecule has 0 bridgehead atoms. The highest BCUT2D eigenvalue weighted by Gasteiger charge is 2.34. The molecule has 1 aromatic heterocycles. The summed E-state index contributed by atoms with van der Waals surface area (Å²) >= 11 is 6.91. The number of carbonyl (C=O) groups excluding carboxylic acids is 1. The molecule has 3 heterocycles. The van der Waals surface area contributed by atoms with Crippen LogP contribution in [0.15, 0.2) is 9.70 Å². The van der Waals surface area contributed by atoms with E-state index >= 15 is 0 Å². The van der Waals surface area contributed by atoms with Crippen LogP contribution in [-0.4, -0.2) is 39.3 Å². The molecule has 0 aliphatic carbocycles. The molecular weight excluding hydrogens is 452 g/mol. The number of unbranched alkanes of at least 4 members (excludes halogenated alkanes) is 1. The number of anilines is 1. The van der Waals surface area contributed by atoms with Crippen molar-refractivity contribution >= 4 is 46.1 Å². The van der Waals surface area contributed by atoms with Gasteiger partial charge in [0.05, 0.1) is 4.91 Å². The van der Waals surface area contributed by atoms with E-state index in [-0.39, 0.29) is 17.0 Å². The van der Waals surface area contributed by atoms with Crippen molar-refractivity contribution < 1.29 is 4.79 Å². The molecule has 3 rings (SSSR count). The Hall–Kier alpha value is -2.11. The van der Waals surface area contributed by atoms with Crippen molar-refractivity contribution in [3.05, 3.63) is 31.9 Å². The van der Waals surface area contributed by atoms with Crippen LogP contribution >= 0.6 is 24.0 Å². The Morgan fingerprint density at radius 1 is 1.21 bits per heavy atom. The second kappa shape index (κ2) is 11.3. The number of nitriles is 1. The quantitative estimate of drug-likeness (QED) is 0.359. The minimum atomic E-state index is -0.259. The maximum atomic E-state index is 13.4. The van der Waals surface area contributed by atoms with E-state index in [1.165, 1.54) is 11.8 Å². The fraction of sp³-hybridized carbons (Fsp3) is 0.600. The molecule has 0 spiro atoms. The molecule has 1 aromatic rings. The molecule has 1 amide bonds. The number of carbonyl (C=O) groups is 1. The standard InChI is InChI=1S/C25H34N4O2S2/c1-5-8-11-18(6-2)16-29-24(31)21(33-25(29)32)14-19-17(4)20(15-26)23(30)28(7-3)22(19)27-12-9-10-13-27/h14,18H,5-13,16H2,1-4H3. The number of hydrogen-bond acceptors (Lipinski definition) is 6. The molecule has 1 unspecified atom stereocenters. The number of rotatable bonds is 9. The van der Waals surface area contributed by atoms with E-state index in [4.69, 9.17) is 12.2 Å². The molecule has 0 saturated carbocycles. The first-order chi connectivity index (χ1) is 15.9. The smallest absolute Gasteiger partial charge is 0.270 e. The molecule has 2 saturated heterocycles. The maximum Gasteiger partial charge on any atom is 0.270 e. The van der Waals surface area contributed by atoms with Gasteiger partial charge in [-0.15, -0.1) is 0 Å². The van der Waals surface area contributed by atoms with Crippen LogP contribution in [0.3, 0.4) is 0 Å². The lowest BCUT2D eigenvalue weighted by atomic mass is 9.99. The SMILES string of the molecule is CCCCC(CC)CN1C(=O)C(=Cc2c(C)c(C#N)c(=O)n(CC)c2N2CCCC2)SC1=S. The minimum Gasteiger partial charge on any atom is -0.357 e. The Bertz CT molecular complexity index is 1050. The number of hydrogen-bond donors (Lipinski definition) is 0. The number of thioether (sulfide) groups is 1. The maximum absolute atomic E-state index is 13.4. The van der Waals surface area contributed by atoms with Gasteiger partial charge in [-0.25, -0.2) is 0 Å². The van der Waals surface area contributed by atoms with Crippen LogP contribution in [0.1, 0.15) is 76.0 Å². The topological polar surface area (TPSA) is 69.3 Å². The van der Waals surface area contributed by atoms with Crippen LogP contribution in [0, 0.1) is 24.2 Å². The second-order valence-corrected chi connectivity index (χ2v) is 10.5. The molecule has 0 aromatic carbocycles. The fourth-order valence-electron chi connectivity index (χ4n) is 4.67. The average Bonchev–Trinajstić information content (AvgIpc) is 3.42. The Labute approximate surface area is 206 Å². The van der Waals surface area contributed by atoms with Gasteiger partial charge in [-0.2, -0.15) is 5.26 Å². The molecule has 0 radical (unpaired) electrons. The number of aromatic nitrogens is 1. The van der Waals surface area contributed by atoms with E-state index in [2.05, 4.69) is 24.8 Å². The van der Waals surface area contributed by atoms with E-state index in [9.17, 15) is 14.9 Å². The van der Waals surface area contributed by atoms with Crippen LogP contribution < -0.4 is 10.5 Å². The zero-order chi connectivity index (χ0) is 24.1. The summed E-state index contributed by atoms with van der Waals surface area (Å²) in [4.78, 5) is 30.9. The Kier molecular flexibility index (Phi) is 8.77. The predicted molar refractivity (Wildman–Crippen MR) is 140 cm³/mol. The lowest BCUT2D eigenvalue weighted by Crippen LogP contribution is -2.33. The Balaban J connectivity index is 2.05. The first-order valence-corrected chi connectivity index (χ1v) is 13.3. The van der Waals surface area contributed by atoms with Gasteiger partial charge >= 0.3 is 0 Å². The fourth-order valence-corrected chi connectivity index (χ4v) is 5.93. The van der Waals surface area contributed by atoms with Gasteiger partial charge in [0, 0.05) is 31.7 Å². The van der Waals surface area contributed by atoms with Crippen molar-refractivity contribution in [1.82, 2.24) is 9.47 Å². The minimum absolute atomic E-state index is 0.0699. The zero-order valence-corrected chi connectivity index (χ0v) is 21.8. The molecule has 178 valence electrons. The summed E-state index contributed by atoms with van der Waals surface area (Å²) in [5, 5.41) is 9.70. The Morgan fingerprint density at radius 2 is 1.91 bits per heavy atom. The third kappa shape index (κ3) is 5.20. The molecule has 8 heteroatoms. The van der Waals surface area contributed by atoms with Gasteiger partial charge in [-0.1, -0.05) is 57.1 Å². The van der Waals surface area contributed by atoms with Gasteiger partial charge in [0.25, 0.3) is 11.5 Å². The summed E-state index contributed by atoms with van der Waals surface area (Å²) in [6, 6.07) is 2.09. The molecule has 1 atom stereocenters. The number of nitrogens with zero attached hydrogens (tertiary/aromatic N) is 4. The van der Waals surface area contributed by atoms with E-state index < -0.39 is 0 Å². The molecule has 2 aliphatic heterocycles. The zero-order valence-electron chi connectivity index (χ0n) is 20.1. The van der Waals surface area contributed by atoms with Gasteiger partial charge < -0.3 is 4.90 Å². The van der Waals surface area contributed by atoms with E-state index in [0.717, 1.165) is 63.0 Å². The highest BCUT2D eigenvalue weighted by atomic mass is 32.2. The largest absolute Gasteiger partial charge is 0.357 e. The normalized spacial score (nSPS) is 18.5. The summed E-state index contributed by atoms with van der Waals surface area (Å²) in [5.41, 5.74) is 1.31. The molecule has 2 aliphatic rings. The van der Waals surface area contributed by atoms with Crippen molar-refractivity contribution in [3.63, 3.8) is 0 Å². The monoisotopic (exact) mass is 486 g/mol. The summed E-state index contributed by atoms with van der Waals surface area (Å²) in [5.74, 6) is 1.18. The van der Waals surface area contributed by atoms with Crippen molar-refractivity contribution in [2.45, 2.75) is 72.8 Å². The highest BCUT2D eigenvalue weighted by Crippen LogP contribution is 2.37. The van der Waals surface area contributed by atoms with Crippen molar-refractivity contribution in [2.24, 2.45) is 5.92 Å². The van der Waals surface area contributed by atoms with Crippen LogP contribution in [0.4, 0.5) is 5.82 Å². The van der Waals surface area contributed by atoms with Crippen molar-refractivity contribution in [2.75, 3.05) is 24.5 Å². The van der Waals surface area contributed by atoms with Crippen LogP contribution in [0.2, 0.25) is 0 Å². The summed E-state index contributed by atoms with van der Waals surface area (Å²) < 4.78 is 2.27. The highest BCUT2D eigenvalue weighted by molar-refractivity contribution is 8.26.